The number of anilines is 2. The van der Waals surface area contributed by atoms with E-state index < -0.39 is 11.9 Å². The van der Waals surface area contributed by atoms with E-state index in [1.807, 2.05) is 30.3 Å². The molecule has 0 bridgehead atoms. The fraction of sp³-hybridized carbons (Fsp3) is 0.250. The van der Waals surface area contributed by atoms with Gasteiger partial charge in [0.05, 0.1) is 12.2 Å². The van der Waals surface area contributed by atoms with Crippen molar-refractivity contribution in [3.05, 3.63) is 60.2 Å². The Kier molecular flexibility index (Phi) is 5.31. The molecule has 2 aromatic carbocycles. The molecule has 0 saturated carbocycles. The van der Waals surface area contributed by atoms with Gasteiger partial charge in [-0.1, -0.05) is 24.3 Å². The summed E-state index contributed by atoms with van der Waals surface area (Å²) in [4.78, 5) is 38.5. The Morgan fingerprint density at radius 2 is 1.92 bits per heavy atom. The summed E-state index contributed by atoms with van der Waals surface area (Å²) in [6, 6.07) is 15.8. The van der Waals surface area contributed by atoms with Crippen molar-refractivity contribution in [2.45, 2.75) is 13.3 Å². The monoisotopic (exact) mass is 352 g/mol. The summed E-state index contributed by atoms with van der Waals surface area (Å²) in [5.41, 5.74) is 1.61. The number of hydrogen-bond acceptors (Lipinski definition) is 4. The van der Waals surface area contributed by atoms with E-state index in [4.69, 9.17) is 4.74 Å². The van der Waals surface area contributed by atoms with Crippen LogP contribution in [-0.4, -0.2) is 30.9 Å². The Morgan fingerprint density at radius 3 is 2.65 bits per heavy atom. The lowest BCUT2D eigenvalue weighted by atomic mass is 10.1. The Morgan fingerprint density at radius 1 is 1.15 bits per heavy atom. The number of nitrogens with one attached hydrogen (secondary N) is 1. The van der Waals surface area contributed by atoms with E-state index in [1.54, 1.807) is 36.1 Å². The minimum atomic E-state index is -0.735. The fourth-order valence-corrected chi connectivity index (χ4v) is 2.96. The second-order valence-corrected chi connectivity index (χ2v) is 5.96. The highest BCUT2D eigenvalue weighted by Crippen LogP contribution is 2.26. The van der Waals surface area contributed by atoms with Gasteiger partial charge in [0, 0.05) is 17.9 Å². The van der Waals surface area contributed by atoms with Gasteiger partial charge in [-0.15, -0.1) is 0 Å². The van der Waals surface area contributed by atoms with Crippen molar-refractivity contribution < 1.29 is 19.1 Å². The van der Waals surface area contributed by atoms with Gasteiger partial charge in [-0.05, 0) is 43.7 Å². The van der Waals surface area contributed by atoms with Crippen LogP contribution in [0.15, 0.2) is 54.6 Å². The standard InChI is InChI=1S/C20H20N2O4/c1-2-26-20(25)14-7-6-8-15(13-14)21-18(23)17-11-12-22(19(17)24)16-9-4-3-5-10-16/h3-10,13,17H,2,11-12H2,1H3,(H,21,23)/t17-/m0/s1. The van der Waals surface area contributed by atoms with Crippen molar-refractivity contribution >= 4 is 29.2 Å². The van der Waals surface area contributed by atoms with Crippen LogP contribution in [0.2, 0.25) is 0 Å². The number of benzene rings is 2. The first-order chi connectivity index (χ1) is 12.6. The first kappa shape index (κ1) is 17.7. The number of esters is 1. The lowest BCUT2D eigenvalue weighted by Crippen LogP contribution is -2.33. The summed E-state index contributed by atoms with van der Waals surface area (Å²) in [5, 5.41) is 2.73. The molecule has 26 heavy (non-hydrogen) atoms. The number of rotatable bonds is 5. The molecule has 134 valence electrons. The molecule has 2 amide bonds. The molecule has 0 unspecified atom stereocenters. The van der Waals surface area contributed by atoms with Crippen molar-refractivity contribution in [3.63, 3.8) is 0 Å². The fourth-order valence-electron chi connectivity index (χ4n) is 2.96. The maximum Gasteiger partial charge on any atom is 0.338 e. The van der Waals surface area contributed by atoms with Crippen molar-refractivity contribution in [3.8, 4) is 0 Å². The van der Waals surface area contributed by atoms with Crippen LogP contribution in [-0.2, 0) is 14.3 Å². The van der Waals surface area contributed by atoms with Gasteiger partial charge in [0.1, 0.15) is 5.92 Å². The van der Waals surface area contributed by atoms with E-state index >= 15 is 0 Å². The number of amides is 2. The van der Waals surface area contributed by atoms with E-state index in [1.165, 1.54) is 0 Å². The third-order valence-electron chi connectivity index (χ3n) is 4.23. The highest BCUT2D eigenvalue weighted by molar-refractivity contribution is 6.13. The molecular formula is C20H20N2O4. The maximum atomic E-state index is 12.6. The highest BCUT2D eigenvalue weighted by atomic mass is 16.5. The molecule has 3 rings (SSSR count). The number of para-hydroxylation sites is 1. The number of carbonyl (C=O) groups excluding carboxylic acids is 3. The lowest BCUT2D eigenvalue weighted by Gasteiger charge is -2.16. The van der Waals surface area contributed by atoms with E-state index in [0.29, 0.717) is 24.2 Å². The average Bonchev–Trinajstić information content (AvgIpc) is 3.04. The highest BCUT2D eigenvalue weighted by Gasteiger charge is 2.37. The molecule has 0 aliphatic carbocycles. The minimum Gasteiger partial charge on any atom is -0.462 e. The zero-order chi connectivity index (χ0) is 18.5. The third-order valence-corrected chi connectivity index (χ3v) is 4.23. The predicted octanol–water partition coefficient (Wildman–Crippen LogP) is 2.85. The SMILES string of the molecule is CCOC(=O)c1cccc(NC(=O)[C@@H]2CCN(c3ccccc3)C2=O)c1. The summed E-state index contributed by atoms with van der Waals surface area (Å²) >= 11 is 0. The molecule has 1 fully saturated rings. The van der Waals surface area contributed by atoms with E-state index in [9.17, 15) is 14.4 Å². The number of nitrogens with zero attached hydrogens (tertiary/aromatic N) is 1. The Bertz CT molecular complexity index is 820. The summed E-state index contributed by atoms with van der Waals surface area (Å²) < 4.78 is 4.96. The molecule has 0 spiro atoms. The van der Waals surface area contributed by atoms with Crippen LogP contribution in [0.5, 0.6) is 0 Å². The largest absolute Gasteiger partial charge is 0.462 e. The Labute approximate surface area is 151 Å². The molecule has 6 nitrogen and oxygen atoms in total. The Hall–Kier alpha value is -3.15. The second-order valence-electron chi connectivity index (χ2n) is 5.96. The van der Waals surface area contributed by atoms with Crippen LogP contribution in [0.3, 0.4) is 0 Å². The number of carbonyl (C=O) groups is 3. The average molecular weight is 352 g/mol. The van der Waals surface area contributed by atoms with Crippen LogP contribution in [0.1, 0.15) is 23.7 Å². The van der Waals surface area contributed by atoms with Crippen molar-refractivity contribution in [1.82, 2.24) is 0 Å². The van der Waals surface area contributed by atoms with Gasteiger partial charge < -0.3 is 15.0 Å². The third kappa shape index (κ3) is 3.74. The van der Waals surface area contributed by atoms with Crippen LogP contribution < -0.4 is 10.2 Å². The zero-order valence-corrected chi connectivity index (χ0v) is 14.5. The van der Waals surface area contributed by atoms with Gasteiger partial charge in [0.25, 0.3) is 0 Å². The quantitative estimate of drug-likeness (QED) is 0.663. The molecule has 0 aromatic heterocycles. The van der Waals surface area contributed by atoms with Gasteiger partial charge in [-0.3, -0.25) is 9.59 Å². The molecule has 1 atom stereocenters. The van der Waals surface area contributed by atoms with E-state index in [2.05, 4.69) is 5.32 Å². The van der Waals surface area contributed by atoms with Crippen molar-refractivity contribution in [2.75, 3.05) is 23.4 Å². The van der Waals surface area contributed by atoms with Crippen molar-refractivity contribution in [2.24, 2.45) is 5.92 Å². The smallest absolute Gasteiger partial charge is 0.338 e. The Balaban J connectivity index is 1.68. The normalized spacial score (nSPS) is 16.4. The second kappa shape index (κ2) is 7.82. The van der Waals surface area contributed by atoms with E-state index in [-0.39, 0.29) is 18.4 Å². The maximum absolute atomic E-state index is 12.6. The lowest BCUT2D eigenvalue weighted by molar-refractivity contribution is -0.129. The summed E-state index contributed by atoms with van der Waals surface area (Å²) in [7, 11) is 0. The van der Waals surface area contributed by atoms with Crippen LogP contribution in [0.4, 0.5) is 11.4 Å². The molecule has 2 aromatic rings. The molecule has 1 saturated heterocycles. The molecule has 0 radical (unpaired) electrons. The predicted molar refractivity (Wildman–Crippen MR) is 97.9 cm³/mol. The van der Waals surface area contributed by atoms with Gasteiger partial charge >= 0.3 is 5.97 Å². The van der Waals surface area contributed by atoms with Gasteiger partial charge in [-0.2, -0.15) is 0 Å². The van der Waals surface area contributed by atoms with Crippen LogP contribution in [0, 0.1) is 5.92 Å². The summed E-state index contributed by atoms with van der Waals surface area (Å²) in [6.45, 7) is 2.51. The first-order valence-corrected chi connectivity index (χ1v) is 8.54. The van der Waals surface area contributed by atoms with E-state index in [0.717, 1.165) is 5.69 Å². The van der Waals surface area contributed by atoms with Gasteiger partial charge in [0.2, 0.25) is 11.8 Å². The number of hydrogen-bond donors (Lipinski definition) is 1. The first-order valence-electron chi connectivity index (χ1n) is 8.54. The minimum absolute atomic E-state index is 0.213. The van der Waals surface area contributed by atoms with Crippen LogP contribution >= 0.6 is 0 Å². The molecule has 1 heterocycles. The molecule has 1 aliphatic rings. The van der Waals surface area contributed by atoms with Crippen molar-refractivity contribution in [1.29, 1.82) is 0 Å². The topological polar surface area (TPSA) is 75.7 Å². The molecule has 6 heteroatoms. The zero-order valence-electron chi connectivity index (χ0n) is 14.5. The van der Waals surface area contributed by atoms with Gasteiger partial charge in [-0.25, -0.2) is 4.79 Å². The van der Waals surface area contributed by atoms with Gasteiger partial charge in [0.15, 0.2) is 0 Å². The van der Waals surface area contributed by atoms with Crippen LogP contribution in [0.25, 0.3) is 0 Å². The molecule has 1 N–H and O–H groups in total. The summed E-state index contributed by atoms with van der Waals surface area (Å²) in [6.07, 6.45) is 0.455. The number of ether oxygens (including phenoxy) is 1. The molecule has 1 aliphatic heterocycles. The molecular weight excluding hydrogens is 332 g/mol. The summed E-state index contributed by atoms with van der Waals surface area (Å²) in [5.74, 6) is -1.76.